The van der Waals surface area contributed by atoms with Crippen molar-refractivity contribution in [3.8, 4) is 11.5 Å². The van der Waals surface area contributed by atoms with Crippen molar-refractivity contribution in [3.63, 3.8) is 0 Å². The lowest BCUT2D eigenvalue weighted by Crippen LogP contribution is -2.31. The van der Waals surface area contributed by atoms with Crippen molar-refractivity contribution in [1.29, 1.82) is 0 Å². The van der Waals surface area contributed by atoms with Gasteiger partial charge >= 0.3 is 0 Å². The van der Waals surface area contributed by atoms with E-state index in [-0.39, 0.29) is 28.6 Å². The Bertz CT molecular complexity index is 1430. The zero-order valence-electron chi connectivity index (χ0n) is 19.8. The zero-order valence-corrected chi connectivity index (χ0v) is 22.5. The van der Waals surface area contributed by atoms with Gasteiger partial charge in [-0.15, -0.1) is 14.7 Å². The highest BCUT2D eigenvalue weighted by molar-refractivity contribution is 7.90. The van der Waals surface area contributed by atoms with Crippen LogP contribution >= 0.6 is 0 Å². The molecule has 0 spiro atoms. The van der Waals surface area contributed by atoms with Crippen LogP contribution in [0.2, 0.25) is 19.6 Å². The van der Waals surface area contributed by atoms with E-state index in [1.807, 2.05) is 13.8 Å². The highest BCUT2D eigenvalue weighted by atomic mass is 32.2. The molecule has 2 aromatic carbocycles. The third-order valence-electron chi connectivity index (χ3n) is 4.80. The maximum atomic E-state index is 13.4. The molecule has 0 saturated heterocycles. The summed E-state index contributed by atoms with van der Waals surface area (Å²) in [5.74, 6) is 2.99. The zero-order chi connectivity index (χ0) is 25.1. The Labute approximate surface area is 202 Å². The van der Waals surface area contributed by atoms with Gasteiger partial charge < -0.3 is 0 Å². The molecule has 0 unspecified atom stereocenters. The third kappa shape index (κ3) is 6.21. The second-order valence-corrected chi connectivity index (χ2v) is 17.5. The molecule has 0 aliphatic carbocycles. The number of hydrogen-bond acceptors (Lipinski definition) is 6. The maximum absolute atomic E-state index is 13.4. The van der Waals surface area contributed by atoms with Crippen LogP contribution in [0.5, 0.6) is 0 Å². The van der Waals surface area contributed by atoms with Crippen LogP contribution in [-0.2, 0) is 26.6 Å². The molecule has 0 fully saturated rings. The summed E-state index contributed by atoms with van der Waals surface area (Å²) in [6.45, 7) is 9.73. The number of aryl methyl sites for hydroxylation is 2. The van der Waals surface area contributed by atoms with Gasteiger partial charge in [-0.25, -0.2) is 8.42 Å². The molecule has 180 valence electrons. The molecular formula is C23H28N4O4S2Si. The van der Waals surface area contributed by atoms with Crippen LogP contribution in [0.3, 0.4) is 0 Å². The quantitative estimate of drug-likeness (QED) is 0.353. The molecule has 1 aromatic heterocycles. The van der Waals surface area contributed by atoms with Gasteiger partial charge in [0.2, 0.25) is 10.0 Å². The van der Waals surface area contributed by atoms with Gasteiger partial charge in [0.05, 0.1) is 34.8 Å². The summed E-state index contributed by atoms with van der Waals surface area (Å²) in [6, 6.07) is 12.9. The fourth-order valence-corrected chi connectivity index (χ4v) is 5.96. The molecule has 0 aliphatic heterocycles. The highest BCUT2D eigenvalue weighted by Crippen LogP contribution is 2.19. The average molecular weight is 517 g/mol. The fraction of sp³-hybridized carbons (Fsp3) is 0.304. The van der Waals surface area contributed by atoms with E-state index in [9.17, 15) is 16.8 Å². The maximum Gasteiger partial charge on any atom is 0.284 e. The molecule has 11 heteroatoms. The van der Waals surface area contributed by atoms with Gasteiger partial charge in [-0.2, -0.15) is 12.7 Å². The topological polar surface area (TPSA) is 102 Å². The van der Waals surface area contributed by atoms with Gasteiger partial charge in [-0.1, -0.05) is 66.2 Å². The van der Waals surface area contributed by atoms with Crippen molar-refractivity contribution in [1.82, 2.24) is 18.7 Å². The first-order valence-electron chi connectivity index (χ1n) is 10.6. The van der Waals surface area contributed by atoms with E-state index in [1.165, 1.54) is 22.6 Å². The monoisotopic (exact) mass is 516 g/mol. The second kappa shape index (κ2) is 9.83. The average Bonchev–Trinajstić information content (AvgIpc) is 3.22. The van der Waals surface area contributed by atoms with Crippen LogP contribution in [0.25, 0.3) is 0 Å². The minimum absolute atomic E-state index is 0.0436. The largest absolute Gasteiger partial charge is 0.284 e. The molecule has 0 aliphatic rings. The molecule has 3 aromatic rings. The standard InChI is InChI=1S/C23H28N4O4S2Si/c1-19-7-11-22(12-8-19)32(28,29)26(15-6-16-34(3,4)5)17-21-18-27(25-24-21)33(30,31)23-13-9-20(2)10-14-23/h7-14,18H,15,17H2,1-5H3. The van der Waals surface area contributed by atoms with Crippen LogP contribution in [0.1, 0.15) is 16.8 Å². The van der Waals surface area contributed by atoms with Crippen molar-refractivity contribution in [2.24, 2.45) is 0 Å². The Morgan fingerprint density at radius 1 is 0.882 bits per heavy atom. The predicted octanol–water partition coefficient (Wildman–Crippen LogP) is 3.20. The van der Waals surface area contributed by atoms with Crippen LogP contribution in [0.15, 0.2) is 64.5 Å². The lowest BCUT2D eigenvalue weighted by molar-refractivity contribution is 0.438. The van der Waals surface area contributed by atoms with E-state index in [4.69, 9.17) is 0 Å². The minimum atomic E-state index is -3.95. The molecule has 34 heavy (non-hydrogen) atoms. The highest BCUT2D eigenvalue weighted by Gasteiger charge is 2.26. The predicted molar refractivity (Wildman–Crippen MR) is 134 cm³/mol. The summed E-state index contributed by atoms with van der Waals surface area (Å²) in [4.78, 5) is 0.201. The SMILES string of the molecule is Cc1ccc(S(=O)(=O)N(CC#C[Si](C)(C)C)Cc2cn(S(=O)(=O)c3ccc(C)cc3)nn2)cc1. The van der Waals surface area contributed by atoms with Gasteiger partial charge in [-0.3, -0.25) is 0 Å². The summed E-state index contributed by atoms with van der Waals surface area (Å²) in [7, 11) is -9.56. The minimum Gasteiger partial charge on any atom is -0.207 e. The molecular weight excluding hydrogens is 488 g/mol. The summed E-state index contributed by atoms with van der Waals surface area (Å²) in [5.41, 5.74) is 5.23. The molecule has 0 radical (unpaired) electrons. The van der Waals surface area contributed by atoms with Crippen molar-refractivity contribution in [3.05, 3.63) is 71.5 Å². The van der Waals surface area contributed by atoms with Crippen molar-refractivity contribution in [2.45, 2.75) is 49.8 Å². The van der Waals surface area contributed by atoms with Gasteiger partial charge in [0.1, 0.15) is 8.07 Å². The van der Waals surface area contributed by atoms with E-state index in [0.29, 0.717) is 0 Å². The summed E-state index contributed by atoms with van der Waals surface area (Å²) in [5, 5.41) is 7.69. The Morgan fingerprint density at radius 2 is 1.41 bits per heavy atom. The summed E-state index contributed by atoms with van der Waals surface area (Å²) in [6.07, 6.45) is 1.23. The number of sulfonamides is 1. The second-order valence-electron chi connectivity index (χ2n) is 9.04. The molecule has 0 saturated carbocycles. The van der Waals surface area contributed by atoms with Crippen molar-refractivity contribution < 1.29 is 16.8 Å². The first kappa shape index (κ1) is 25.8. The Morgan fingerprint density at radius 3 is 1.94 bits per heavy atom. The van der Waals surface area contributed by atoms with E-state index in [1.54, 1.807) is 36.4 Å². The Balaban J connectivity index is 1.94. The van der Waals surface area contributed by atoms with E-state index in [2.05, 4.69) is 41.4 Å². The Kier molecular flexibility index (Phi) is 7.47. The first-order chi connectivity index (χ1) is 15.8. The lowest BCUT2D eigenvalue weighted by atomic mass is 10.2. The lowest BCUT2D eigenvalue weighted by Gasteiger charge is -2.19. The molecule has 0 atom stereocenters. The Hall–Kier alpha value is -2.78. The van der Waals surface area contributed by atoms with Gasteiger partial charge in [0.25, 0.3) is 10.0 Å². The molecule has 3 rings (SSSR count). The number of aromatic nitrogens is 3. The first-order valence-corrected chi connectivity index (χ1v) is 17.0. The number of rotatable bonds is 7. The van der Waals surface area contributed by atoms with Crippen LogP contribution in [0, 0.1) is 25.3 Å². The number of nitrogens with zero attached hydrogens (tertiary/aromatic N) is 4. The van der Waals surface area contributed by atoms with E-state index < -0.39 is 28.1 Å². The molecule has 1 heterocycles. The molecule has 0 amide bonds. The summed E-state index contributed by atoms with van der Waals surface area (Å²) < 4.78 is 54.4. The van der Waals surface area contributed by atoms with Crippen molar-refractivity contribution in [2.75, 3.05) is 6.54 Å². The molecule has 0 bridgehead atoms. The van der Waals surface area contributed by atoms with Crippen LogP contribution in [-0.4, -0.2) is 50.2 Å². The number of hydrogen-bond donors (Lipinski definition) is 0. The fourth-order valence-electron chi connectivity index (χ4n) is 2.95. The van der Waals surface area contributed by atoms with E-state index in [0.717, 1.165) is 15.2 Å². The van der Waals surface area contributed by atoms with E-state index >= 15 is 0 Å². The van der Waals surface area contributed by atoms with Gasteiger partial charge in [0.15, 0.2) is 0 Å². The molecule has 8 nitrogen and oxygen atoms in total. The molecule has 0 N–H and O–H groups in total. The normalized spacial score (nSPS) is 12.4. The summed E-state index contributed by atoms with van der Waals surface area (Å²) >= 11 is 0. The smallest absolute Gasteiger partial charge is 0.207 e. The van der Waals surface area contributed by atoms with Crippen LogP contribution < -0.4 is 0 Å². The van der Waals surface area contributed by atoms with Gasteiger partial charge in [-0.05, 0) is 38.1 Å². The third-order valence-corrected chi connectivity index (χ3v) is 9.07. The van der Waals surface area contributed by atoms with Crippen molar-refractivity contribution >= 4 is 28.1 Å². The van der Waals surface area contributed by atoms with Crippen LogP contribution in [0.4, 0.5) is 0 Å². The van der Waals surface area contributed by atoms with Gasteiger partial charge in [0, 0.05) is 0 Å². The number of benzene rings is 2.